The number of hydroxylamine groups is 8. The molecule has 1 unspecified atom stereocenters. The van der Waals surface area contributed by atoms with Crippen molar-refractivity contribution in [2.75, 3.05) is 35.5 Å². The van der Waals surface area contributed by atoms with E-state index in [0.29, 0.717) is 68.5 Å². The third-order valence-electron chi connectivity index (χ3n) is 13.7. The van der Waals surface area contributed by atoms with E-state index in [9.17, 15) is 54.3 Å². The van der Waals surface area contributed by atoms with Gasteiger partial charge in [-0.15, -0.1) is 12.3 Å². The minimum absolute atomic E-state index is 0.0189. The summed E-state index contributed by atoms with van der Waals surface area (Å²) in [5.74, 6) is -13.8. The monoisotopic (exact) mass is 1380 g/mol. The second-order valence-corrected chi connectivity index (χ2v) is 21.9. The van der Waals surface area contributed by atoms with Crippen LogP contribution in [0, 0.1) is 18.3 Å². The van der Waals surface area contributed by atoms with E-state index < -0.39 is 53.4 Å². The van der Waals surface area contributed by atoms with Crippen LogP contribution in [0.1, 0.15) is 113 Å². The molecular weight excluding hydrogens is 1310 g/mol. The number of methoxy groups -OCH3 is 1. The van der Waals surface area contributed by atoms with Gasteiger partial charge in [-0.25, -0.2) is 20.3 Å². The number of carbonyl (C=O) groups excluding carboxylic acids is 4. The van der Waals surface area contributed by atoms with Crippen molar-refractivity contribution in [3.05, 3.63) is 155 Å². The number of ether oxygens (including phenoxy) is 1. The SMILES string of the molecule is C#CCCC(=O)N(Cc1ccc(-c2noc(C(C)(F)F)n2)cc1)OC.C=C(C)C(=O)N(Cc1ccc(-c2noc(C(C)(F)F)n2)cc1)OC.COC(C)C(=O)N(Cc1ccc(-c2noc(C(C)(F)F)n2)cc1)OC.CON(Cc1ccc(-c2noc(C(C)(F)F)n2)cc1)C(=O)C1CC1. The van der Waals surface area contributed by atoms with E-state index in [0.717, 1.165) is 35.1 Å². The van der Waals surface area contributed by atoms with Crippen molar-refractivity contribution in [2.45, 2.75) is 123 Å². The molecule has 1 aliphatic carbocycles. The van der Waals surface area contributed by atoms with E-state index in [2.05, 4.69) is 71.2 Å². The van der Waals surface area contributed by atoms with E-state index in [1.165, 1.54) is 55.8 Å². The minimum atomic E-state index is -3.19. The molecule has 9 rings (SSSR count). The summed E-state index contributed by atoms with van der Waals surface area (Å²) in [6, 6.07) is 27.1. The van der Waals surface area contributed by atoms with Crippen LogP contribution in [0.25, 0.3) is 45.6 Å². The van der Waals surface area contributed by atoms with Gasteiger partial charge in [0.25, 0.3) is 35.4 Å². The summed E-state index contributed by atoms with van der Waals surface area (Å²) in [4.78, 5) is 82.9. The number of hydrogen-bond donors (Lipinski definition) is 0. The summed E-state index contributed by atoms with van der Waals surface area (Å²) in [6.07, 6.45) is 6.84. The van der Waals surface area contributed by atoms with Gasteiger partial charge >= 0.3 is 23.7 Å². The molecule has 0 spiro atoms. The third kappa shape index (κ3) is 22.2. The van der Waals surface area contributed by atoms with Gasteiger partial charge in [0.15, 0.2) is 0 Å². The zero-order chi connectivity index (χ0) is 72.3. The predicted octanol–water partition coefficient (Wildman–Crippen LogP) is 12.4. The van der Waals surface area contributed by atoms with Crippen LogP contribution in [-0.2, 0) is 93.1 Å². The summed E-state index contributed by atoms with van der Waals surface area (Å²) >= 11 is 0. The molecule has 0 saturated heterocycles. The van der Waals surface area contributed by atoms with Gasteiger partial charge in [0.05, 0.1) is 54.6 Å². The van der Waals surface area contributed by atoms with Gasteiger partial charge in [-0.1, -0.05) is 124 Å². The molecule has 0 aliphatic heterocycles. The maximum Gasteiger partial charge on any atom is 0.322 e. The molecule has 8 aromatic rings. The Balaban J connectivity index is 0.000000206. The molecule has 1 saturated carbocycles. The van der Waals surface area contributed by atoms with Crippen molar-refractivity contribution < 1.29 is 96.5 Å². The maximum absolute atomic E-state index is 13.1. The lowest BCUT2D eigenvalue weighted by Gasteiger charge is -2.22. The normalized spacial score (nSPS) is 12.5. The summed E-state index contributed by atoms with van der Waals surface area (Å²) in [5, 5.41) is 19.1. The molecule has 4 aromatic heterocycles. The molecule has 1 aliphatic rings. The second kappa shape index (κ2) is 34.2. The average Bonchev–Trinajstić information content (AvgIpc) is 1.67. The van der Waals surface area contributed by atoms with Crippen molar-refractivity contribution in [3.63, 3.8) is 0 Å². The molecule has 0 bridgehead atoms. The molecule has 4 amide bonds. The Kier molecular flexibility index (Phi) is 26.8. The summed E-state index contributed by atoms with van der Waals surface area (Å²) in [5.41, 5.74) is 5.64. The van der Waals surface area contributed by atoms with Crippen LogP contribution >= 0.6 is 0 Å². The van der Waals surface area contributed by atoms with Gasteiger partial charge in [-0.05, 0) is 48.9 Å². The number of amides is 4. The first kappa shape index (κ1) is 76.9. The molecule has 25 nitrogen and oxygen atoms in total. The van der Waals surface area contributed by atoms with Crippen molar-refractivity contribution in [1.29, 1.82) is 0 Å². The minimum Gasteiger partial charge on any atom is -0.372 e. The van der Waals surface area contributed by atoms with Crippen molar-refractivity contribution in [1.82, 2.24) is 60.8 Å². The number of benzene rings is 4. The quantitative estimate of drug-likeness (QED) is 0.0211. The standard InChI is InChI=1S/C17H17F2N3O3.C16H19F2N3O4.2C16H17F2N3O3/c1-4-5-6-14(23)22(24-3)11-12-7-9-13(10-8-12)15-20-16(25-21-15)17(2,18)19;1-10(23-3)14(22)21(24-4)9-11-5-7-12(8-6-11)13-19-15(25-20-13)16(2,17)18;1-16(17,18)15-19-13(20-24-15)11-5-3-10(4-6-11)9-21(23-2)14(22)12-7-8-12;1-10(2)14(22)21(23-4)9-11-5-7-12(8-6-11)13-19-15(24-20-13)16(3,17)18/h1,7-10H,5-6,11H2,2-3H3;5-8,10H,9H2,1-4H3;3-6,12H,7-9H2,1-2H3;5-8H,1,9H2,2-4H3. The number of alkyl halides is 8. The molecule has 1 fully saturated rings. The highest BCUT2D eigenvalue weighted by Crippen LogP contribution is 2.34. The molecule has 98 heavy (non-hydrogen) atoms. The average molecular weight is 1380 g/mol. The van der Waals surface area contributed by atoms with Gasteiger partial charge in [0, 0.05) is 81.4 Å². The highest BCUT2D eigenvalue weighted by molar-refractivity contribution is 5.91. The topological polar surface area (TPSA) is 283 Å². The molecule has 524 valence electrons. The summed E-state index contributed by atoms with van der Waals surface area (Å²) in [7, 11) is 7.07. The van der Waals surface area contributed by atoms with Gasteiger partial charge < -0.3 is 22.8 Å². The van der Waals surface area contributed by atoms with E-state index in [1.54, 1.807) is 111 Å². The van der Waals surface area contributed by atoms with Crippen molar-refractivity contribution in [3.8, 4) is 57.9 Å². The predicted molar refractivity (Wildman–Crippen MR) is 330 cm³/mol. The van der Waals surface area contributed by atoms with E-state index in [4.69, 9.17) is 30.5 Å². The molecule has 4 heterocycles. The first-order valence-electron chi connectivity index (χ1n) is 29.5. The van der Waals surface area contributed by atoms with Crippen LogP contribution in [0.3, 0.4) is 0 Å². The van der Waals surface area contributed by atoms with Crippen LogP contribution in [0.5, 0.6) is 0 Å². The molecule has 1 atom stereocenters. The third-order valence-corrected chi connectivity index (χ3v) is 13.7. The fourth-order valence-corrected chi connectivity index (χ4v) is 8.07. The smallest absolute Gasteiger partial charge is 0.322 e. The van der Waals surface area contributed by atoms with E-state index >= 15 is 0 Å². The molecule has 4 aromatic carbocycles. The highest BCUT2D eigenvalue weighted by Gasteiger charge is 2.37. The molecular formula is C65H70F8N12O13. The van der Waals surface area contributed by atoms with Crippen LogP contribution in [0.2, 0.25) is 0 Å². The lowest BCUT2D eigenvalue weighted by Crippen LogP contribution is -2.37. The number of halogens is 8. The lowest BCUT2D eigenvalue weighted by molar-refractivity contribution is -0.188. The van der Waals surface area contributed by atoms with E-state index in [-0.39, 0.29) is 78.9 Å². The highest BCUT2D eigenvalue weighted by atomic mass is 19.3. The van der Waals surface area contributed by atoms with Crippen molar-refractivity contribution in [2.24, 2.45) is 5.92 Å². The van der Waals surface area contributed by atoms with Gasteiger partial charge in [0.2, 0.25) is 35.1 Å². The number of hydrogen-bond acceptors (Lipinski definition) is 21. The number of carbonyl (C=O) groups is 4. The van der Waals surface area contributed by atoms with Crippen LogP contribution in [0.15, 0.2) is 127 Å². The fraction of sp³-hybridized carbons (Fsp3) is 0.385. The van der Waals surface area contributed by atoms with Crippen LogP contribution < -0.4 is 0 Å². The van der Waals surface area contributed by atoms with Crippen LogP contribution in [-0.4, -0.2) is 126 Å². The van der Waals surface area contributed by atoms with Crippen molar-refractivity contribution >= 4 is 23.6 Å². The Labute approximate surface area is 556 Å². The number of nitrogens with zero attached hydrogens (tertiary/aromatic N) is 12. The Morgan fingerprint density at radius 1 is 0.510 bits per heavy atom. The summed E-state index contributed by atoms with van der Waals surface area (Å²) < 4.78 is 128. The van der Waals surface area contributed by atoms with Gasteiger partial charge in [-0.2, -0.15) is 55.1 Å². The first-order valence-corrected chi connectivity index (χ1v) is 29.5. The Hall–Kier alpha value is -10.1. The number of aromatic nitrogens is 8. The Bertz CT molecular complexity index is 3950. The van der Waals surface area contributed by atoms with Gasteiger partial charge in [-0.3, -0.25) is 38.5 Å². The molecule has 33 heteroatoms. The zero-order valence-corrected chi connectivity index (χ0v) is 55.0. The lowest BCUT2D eigenvalue weighted by atomic mass is 10.1. The molecule has 0 N–H and O–H groups in total. The number of terminal acetylenes is 1. The maximum atomic E-state index is 13.1. The fourth-order valence-electron chi connectivity index (χ4n) is 8.07. The van der Waals surface area contributed by atoms with E-state index in [1.807, 2.05) is 0 Å². The zero-order valence-electron chi connectivity index (χ0n) is 55.0. The second-order valence-electron chi connectivity index (χ2n) is 21.9. The largest absolute Gasteiger partial charge is 0.372 e. The van der Waals surface area contributed by atoms with Crippen LogP contribution in [0.4, 0.5) is 35.1 Å². The Morgan fingerprint density at radius 2 is 0.796 bits per heavy atom. The van der Waals surface area contributed by atoms with Gasteiger partial charge in [0.1, 0.15) is 6.10 Å². The summed E-state index contributed by atoms with van der Waals surface area (Å²) in [6.45, 7) is 10.5. The molecule has 0 radical (unpaired) electrons. The Morgan fingerprint density at radius 3 is 1.04 bits per heavy atom. The first-order chi connectivity index (χ1) is 46.2. The number of rotatable bonds is 26.